The molecule has 0 radical (unpaired) electrons. The van der Waals surface area contributed by atoms with E-state index in [1.165, 1.54) is 5.56 Å². The van der Waals surface area contributed by atoms with Crippen LogP contribution in [-0.4, -0.2) is 24.6 Å². The van der Waals surface area contributed by atoms with Crippen molar-refractivity contribution in [2.75, 3.05) is 19.6 Å². The highest BCUT2D eigenvalue weighted by Gasteiger charge is 2.17. The first-order chi connectivity index (χ1) is 9.36. The molecular formula is C13H14N2O2S2. The average molecular weight is 294 g/mol. The third-order valence-corrected chi connectivity index (χ3v) is 4.99. The lowest BCUT2D eigenvalue weighted by Gasteiger charge is -2.16. The summed E-state index contributed by atoms with van der Waals surface area (Å²) >= 11 is 3.43. The van der Waals surface area contributed by atoms with Gasteiger partial charge in [0, 0.05) is 23.4 Å². The number of thioether (sulfide) groups is 1. The first-order valence-corrected chi connectivity index (χ1v) is 7.82. The highest BCUT2D eigenvalue weighted by Crippen LogP contribution is 2.35. The van der Waals surface area contributed by atoms with Gasteiger partial charge < -0.3 is 14.8 Å². The Morgan fingerprint density at radius 1 is 1.42 bits per heavy atom. The molecule has 0 spiro atoms. The van der Waals surface area contributed by atoms with Crippen LogP contribution in [0.2, 0.25) is 0 Å². The lowest BCUT2D eigenvalue weighted by Crippen LogP contribution is -2.18. The fraction of sp³-hybridized carbons (Fsp3) is 0.308. The molecule has 3 rings (SSSR count). The fourth-order valence-electron chi connectivity index (χ4n) is 1.91. The first-order valence-electron chi connectivity index (χ1n) is 5.96. The molecule has 6 heteroatoms. The minimum absolute atomic E-state index is 0.267. The maximum atomic E-state index is 5.42. The molecule has 1 aliphatic heterocycles. The van der Waals surface area contributed by atoms with Gasteiger partial charge in [-0.25, -0.2) is 4.98 Å². The standard InChI is InChI=1S/C13H14N2O2S2/c1-14-10(7-19-13-15-4-5-18-13)9-2-3-11-12(6-9)17-8-16-11/h2-6,10,14H,7-8H2,1H3. The number of hydrogen-bond acceptors (Lipinski definition) is 6. The Balaban J connectivity index is 1.71. The zero-order valence-corrected chi connectivity index (χ0v) is 12.1. The predicted octanol–water partition coefficient (Wildman–Crippen LogP) is 2.92. The highest BCUT2D eigenvalue weighted by molar-refractivity contribution is 8.01. The molecule has 0 saturated heterocycles. The van der Waals surface area contributed by atoms with Crippen molar-refractivity contribution in [2.24, 2.45) is 0 Å². The average Bonchev–Trinajstić information content (AvgIpc) is 3.09. The van der Waals surface area contributed by atoms with E-state index in [4.69, 9.17) is 9.47 Å². The molecule has 1 aromatic carbocycles. The molecule has 0 fully saturated rings. The quantitative estimate of drug-likeness (QED) is 0.859. The fourth-order valence-corrected chi connectivity index (χ4v) is 3.72. The summed E-state index contributed by atoms with van der Waals surface area (Å²) < 4.78 is 11.8. The second-order valence-corrected chi connectivity index (χ2v) is 6.22. The topological polar surface area (TPSA) is 43.4 Å². The van der Waals surface area contributed by atoms with E-state index in [9.17, 15) is 0 Å². The Kier molecular flexibility index (Phi) is 3.91. The second-order valence-electron chi connectivity index (χ2n) is 4.06. The van der Waals surface area contributed by atoms with Gasteiger partial charge in [0.2, 0.25) is 6.79 Å². The van der Waals surface area contributed by atoms with Crippen molar-refractivity contribution < 1.29 is 9.47 Å². The first kappa shape index (κ1) is 12.8. The number of aromatic nitrogens is 1. The molecule has 2 aromatic rings. The number of fused-ring (bicyclic) bond motifs is 1. The largest absolute Gasteiger partial charge is 0.454 e. The molecule has 4 nitrogen and oxygen atoms in total. The summed E-state index contributed by atoms with van der Waals surface area (Å²) in [5.74, 6) is 2.59. The molecule has 0 bridgehead atoms. The molecule has 1 atom stereocenters. The molecule has 0 aliphatic carbocycles. The van der Waals surface area contributed by atoms with Gasteiger partial charge in [0.1, 0.15) is 4.34 Å². The monoisotopic (exact) mass is 294 g/mol. The van der Waals surface area contributed by atoms with Gasteiger partial charge in [-0.05, 0) is 24.7 Å². The number of ether oxygens (including phenoxy) is 2. The van der Waals surface area contributed by atoms with Gasteiger partial charge in [-0.3, -0.25) is 0 Å². The molecule has 0 saturated carbocycles. The van der Waals surface area contributed by atoms with Crippen molar-refractivity contribution in [1.29, 1.82) is 0 Å². The molecule has 19 heavy (non-hydrogen) atoms. The second kappa shape index (κ2) is 5.81. The minimum Gasteiger partial charge on any atom is -0.454 e. The maximum absolute atomic E-state index is 5.42. The van der Waals surface area contributed by atoms with Crippen LogP contribution in [0.5, 0.6) is 11.5 Å². The van der Waals surface area contributed by atoms with E-state index >= 15 is 0 Å². The van der Waals surface area contributed by atoms with Gasteiger partial charge in [-0.1, -0.05) is 17.8 Å². The number of nitrogens with one attached hydrogen (secondary N) is 1. The van der Waals surface area contributed by atoms with Crippen LogP contribution in [0.25, 0.3) is 0 Å². The number of hydrogen-bond donors (Lipinski definition) is 1. The Labute approximate surface area is 120 Å². The zero-order valence-electron chi connectivity index (χ0n) is 10.5. The summed E-state index contributed by atoms with van der Waals surface area (Å²) in [6.07, 6.45) is 1.84. The van der Waals surface area contributed by atoms with E-state index in [1.807, 2.05) is 30.8 Å². The summed E-state index contributed by atoms with van der Waals surface area (Å²) in [6.45, 7) is 0.316. The summed E-state index contributed by atoms with van der Waals surface area (Å²) in [4.78, 5) is 4.28. The Bertz CT molecular complexity index is 546. The van der Waals surface area contributed by atoms with Crippen LogP contribution in [-0.2, 0) is 0 Å². The van der Waals surface area contributed by atoms with Crippen LogP contribution < -0.4 is 14.8 Å². The van der Waals surface area contributed by atoms with E-state index in [1.54, 1.807) is 23.1 Å². The smallest absolute Gasteiger partial charge is 0.231 e. The minimum atomic E-state index is 0.267. The molecule has 1 N–H and O–H groups in total. The normalized spacial score (nSPS) is 14.6. The molecule has 1 aliphatic rings. The summed E-state index contributed by atoms with van der Waals surface area (Å²) in [5.41, 5.74) is 1.20. The number of benzene rings is 1. The number of rotatable bonds is 5. The van der Waals surface area contributed by atoms with Crippen molar-refractivity contribution >= 4 is 23.1 Å². The van der Waals surface area contributed by atoms with Gasteiger partial charge in [-0.2, -0.15) is 0 Å². The molecule has 2 heterocycles. The van der Waals surface area contributed by atoms with Gasteiger partial charge in [0.15, 0.2) is 11.5 Å². The Morgan fingerprint density at radius 3 is 3.11 bits per heavy atom. The lowest BCUT2D eigenvalue weighted by atomic mass is 10.1. The van der Waals surface area contributed by atoms with Crippen LogP contribution in [0, 0.1) is 0 Å². The van der Waals surface area contributed by atoms with Gasteiger partial charge in [-0.15, -0.1) is 11.3 Å². The predicted molar refractivity (Wildman–Crippen MR) is 77.2 cm³/mol. The summed E-state index contributed by atoms with van der Waals surface area (Å²) in [5, 5.41) is 5.33. The summed E-state index contributed by atoms with van der Waals surface area (Å²) in [6, 6.07) is 6.36. The van der Waals surface area contributed by atoms with Crippen molar-refractivity contribution in [1.82, 2.24) is 10.3 Å². The maximum Gasteiger partial charge on any atom is 0.231 e. The molecular weight excluding hydrogens is 280 g/mol. The van der Waals surface area contributed by atoms with E-state index in [-0.39, 0.29) is 6.04 Å². The van der Waals surface area contributed by atoms with Crippen molar-refractivity contribution in [3.8, 4) is 11.5 Å². The van der Waals surface area contributed by atoms with Crippen LogP contribution in [0.4, 0.5) is 0 Å². The van der Waals surface area contributed by atoms with Gasteiger partial charge in [0.25, 0.3) is 0 Å². The van der Waals surface area contributed by atoms with Crippen LogP contribution in [0.3, 0.4) is 0 Å². The van der Waals surface area contributed by atoms with Crippen molar-refractivity contribution in [2.45, 2.75) is 10.4 Å². The number of nitrogens with zero attached hydrogens (tertiary/aromatic N) is 1. The third-order valence-electron chi connectivity index (χ3n) is 2.93. The van der Waals surface area contributed by atoms with Gasteiger partial charge >= 0.3 is 0 Å². The third kappa shape index (κ3) is 2.86. The SMILES string of the molecule is CNC(CSc1nccs1)c1ccc2c(c1)OCO2. The van der Waals surface area contributed by atoms with Crippen molar-refractivity contribution in [3.63, 3.8) is 0 Å². The van der Waals surface area contributed by atoms with Crippen LogP contribution >= 0.6 is 23.1 Å². The Hall–Kier alpha value is -1.24. The molecule has 1 unspecified atom stereocenters. The molecule has 100 valence electrons. The lowest BCUT2D eigenvalue weighted by molar-refractivity contribution is 0.174. The summed E-state index contributed by atoms with van der Waals surface area (Å²) in [7, 11) is 1.97. The van der Waals surface area contributed by atoms with E-state index in [2.05, 4.69) is 16.4 Å². The highest BCUT2D eigenvalue weighted by atomic mass is 32.2. The molecule has 0 amide bonds. The van der Waals surface area contributed by atoms with Gasteiger partial charge in [0.05, 0.1) is 0 Å². The zero-order chi connectivity index (χ0) is 13.1. The van der Waals surface area contributed by atoms with E-state index in [0.717, 1.165) is 21.6 Å². The molecule has 1 aromatic heterocycles. The van der Waals surface area contributed by atoms with E-state index in [0.29, 0.717) is 6.79 Å². The van der Waals surface area contributed by atoms with Crippen LogP contribution in [0.1, 0.15) is 11.6 Å². The van der Waals surface area contributed by atoms with Crippen LogP contribution in [0.15, 0.2) is 34.1 Å². The number of thiazole rings is 1. The van der Waals surface area contributed by atoms with E-state index < -0.39 is 0 Å². The Morgan fingerprint density at radius 2 is 2.32 bits per heavy atom. The van der Waals surface area contributed by atoms with Crippen molar-refractivity contribution in [3.05, 3.63) is 35.3 Å².